The average Bonchev–Trinajstić information content (AvgIpc) is 3.11. The summed E-state index contributed by atoms with van der Waals surface area (Å²) in [7, 11) is -2.84. The second-order valence-corrected chi connectivity index (χ2v) is 9.86. The molecular formula is C19H18F4N6O4S. The largest absolute Gasteiger partial charge is 0.434 e. The lowest BCUT2D eigenvalue weighted by atomic mass is 9.86. The number of hydrogen-bond acceptors (Lipinski definition) is 8. The maximum Gasteiger partial charge on any atom is 0.434 e. The van der Waals surface area contributed by atoms with Gasteiger partial charge in [-0.2, -0.15) is 13.2 Å². The van der Waals surface area contributed by atoms with Crippen LogP contribution in [0.25, 0.3) is 0 Å². The fourth-order valence-electron chi connectivity index (χ4n) is 3.99. The highest BCUT2D eigenvalue weighted by Gasteiger charge is 2.61. The van der Waals surface area contributed by atoms with Crippen molar-refractivity contribution in [2.24, 2.45) is 10.7 Å². The molecule has 182 valence electrons. The Morgan fingerprint density at radius 1 is 1.29 bits per heavy atom. The third-order valence-corrected chi connectivity index (χ3v) is 8.03. The predicted molar refractivity (Wildman–Crippen MR) is 111 cm³/mol. The number of fused-ring (bicyclic) bond motifs is 1. The van der Waals surface area contributed by atoms with E-state index in [4.69, 9.17) is 10.5 Å². The fourth-order valence-corrected chi connectivity index (χ4v) is 5.93. The molecule has 34 heavy (non-hydrogen) atoms. The van der Waals surface area contributed by atoms with E-state index in [9.17, 15) is 30.8 Å². The van der Waals surface area contributed by atoms with Crippen LogP contribution in [0.2, 0.25) is 0 Å². The standard InChI is InChI=1S/C19H18F4N6O4S/c1-9-15-18(8-33-9,28-17(24)29(2)34(15,31)32)11-5-10(3-4-12(11)20)27-16(30)13-6-26-14(7-25-13)19(21,22)23/h3-7,9,15H,8H2,1-2H3,(H2,24,28)(H,27,30)/t9-,15-,18+/m0/s1. The molecular weight excluding hydrogens is 484 g/mol. The SMILES string of the molecule is C[C@@H]1OC[C@]2(c3cc(NC(=O)c4cnc(C(F)(F)F)cn4)ccc3F)N=C(N)N(C)S(=O)(=O)[C@@H]12. The Labute approximate surface area is 190 Å². The number of guanidine groups is 1. The zero-order chi connectivity index (χ0) is 25.1. The molecule has 10 nitrogen and oxygen atoms in total. The number of rotatable bonds is 3. The molecule has 0 bridgehead atoms. The Morgan fingerprint density at radius 2 is 2.00 bits per heavy atom. The lowest BCUT2D eigenvalue weighted by Crippen LogP contribution is -2.58. The van der Waals surface area contributed by atoms with Crippen LogP contribution in [0.15, 0.2) is 35.6 Å². The zero-order valence-corrected chi connectivity index (χ0v) is 18.5. The van der Waals surface area contributed by atoms with Gasteiger partial charge in [0.1, 0.15) is 22.3 Å². The van der Waals surface area contributed by atoms with Crippen LogP contribution in [0.5, 0.6) is 0 Å². The third kappa shape index (κ3) is 3.73. The smallest absolute Gasteiger partial charge is 0.374 e. The number of benzene rings is 1. The Morgan fingerprint density at radius 3 is 2.62 bits per heavy atom. The topological polar surface area (TPSA) is 140 Å². The second kappa shape index (κ2) is 7.87. The number of halogens is 4. The van der Waals surface area contributed by atoms with Gasteiger partial charge >= 0.3 is 6.18 Å². The van der Waals surface area contributed by atoms with Crippen molar-refractivity contribution in [3.63, 3.8) is 0 Å². The Bertz CT molecular complexity index is 1280. The quantitative estimate of drug-likeness (QED) is 0.606. The van der Waals surface area contributed by atoms with Gasteiger partial charge < -0.3 is 15.8 Å². The lowest BCUT2D eigenvalue weighted by molar-refractivity contribution is -0.141. The summed E-state index contributed by atoms with van der Waals surface area (Å²) in [6, 6.07) is 3.36. The van der Waals surface area contributed by atoms with Crippen molar-refractivity contribution in [3.8, 4) is 0 Å². The molecule has 0 saturated carbocycles. The van der Waals surface area contributed by atoms with Crippen molar-refractivity contribution in [1.82, 2.24) is 14.3 Å². The van der Waals surface area contributed by atoms with Gasteiger partial charge in [-0.1, -0.05) is 0 Å². The summed E-state index contributed by atoms with van der Waals surface area (Å²) in [5.41, 5.74) is 2.25. The van der Waals surface area contributed by atoms with Crippen molar-refractivity contribution in [1.29, 1.82) is 0 Å². The van der Waals surface area contributed by atoms with Crippen molar-refractivity contribution in [3.05, 3.63) is 53.4 Å². The van der Waals surface area contributed by atoms with Crippen LogP contribution in [0.1, 0.15) is 28.7 Å². The minimum absolute atomic E-state index is 0.0147. The molecule has 2 aromatic rings. The summed E-state index contributed by atoms with van der Waals surface area (Å²) in [4.78, 5) is 23.4. The molecule has 0 unspecified atom stereocenters. The highest BCUT2D eigenvalue weighted by Crippen LogP contribution is 2.46. The molecule has 3 heterocycles. The van der Waals surface area contributed by atoms with Crippen LogP contribution < -0.4 is 11.1 Å². The predicted octanol–water partition coefficient (Wildman–Crippen LogP) is 1.46. The molecule has 0 spiro atoms. The van der Waals surface area contributed by atoms with Gasteiger partial charge in [0.25, 0.3) is 5.91 Å². The second-order valence-electron chi connectivity index (χ2n) is 7.78. The normalized spacial score (nSPS) is 26.1. The number of hydrogen-bond donors (Lipinski definition) is 2. The molecule has 1 fully saturated rings. The molecule has 1 saturated heterocycles. The first kappa shape index (κ1) is 23.8. The maximum absolute atomic E-state index is 15.0. The van der Waals surface area contributed by atoms with E-state index in [2.05, 4.69) is 20.3 Å². The van der Waals surface area contributed by atoms with Gasteiger partial charge in [-0.25, -0.2) is 32.1 Å². The first-order chi connectivity index (χ1) is 15.8. The molecule has 4 rings (SSSR count). The van der Waals surface area contributed by atoms with Gasteiger partial charge in [-0.05, 0) is 25.1 Å². The highest BCUT2D eigenvalue weighted by molar-refractivity contribution is 7.90. The number of nitrogens with two attached hydrogens (primary N) is 1. The number of alkyl halides is 3. The van der Waals surface area contributed by atoms with Crippen LogP contribution in [0, 0.1) is 5.82 Å². The van der Waals surface area contributed by atoms with Crippen molar-refractivity contribution in [2.75, 3.05) is 19.0 Å². The molecule has 1 aromatic heterocycles. The number of aliphatic imine (C=N–C) groups is 1. The number of amides is 1. The molecule has 3 N–H and O–H groups in total. The number of anilines is 1. The molecule has 2 aliphatic rings. The lowest BCUT2D eigenvalue weighted by Gasteiger charge is -2.39. The fraction of sp³-hybridized carbons (Fsp3) is 0.368. The number of nitrogens with one attached hydrogen (secondary N) is 1. The van der Waals surface area contributed by atoms with Crippen LogP contribution in [-0.2, 0) is 26.5 Å². The van der Waals surface area contributed by atoms with Crippen LogP contribution in [0.3, 0.4) is 0 Å². The van der Waals surface area contributed by atoms with Gasteiger partial charge in [0.15, 0.2) is 5.69 Å². The monoisotopic (exact) mass is 502 g/mol. The molecule has 1 amide bonds. The van der Waals surface area contributed by atoms with E-state index in [0.29, 0.717) is 12.4 Å². The summed E-state index contributed by atoms with van der Waals surface area (Å²) in [6.07, 6.45) is -4.50. The molecule has 2 aliphatic heterocycles. The summed E-state index contributed by atoms with van der Waals surface area (Å²) >= 11 is 0. The maximum atomic E-state index is 15.0. The minimum atomic E-state index is -4.72. The van der Waals surface area contributed by atoms with Gasteiger partial charge in [-0.15, -0.1) is 0 Å². The van der Waals surface area contributed by atoms with Crippen molar-refractivity contribution >= 4 is 27.6 Å². The van der Waals surface area contributed by atoms with E-state index in [1.54, 1.807) is 0 Å². The van der Waals surface area contributed by atoms with E-state index in [0.717, 1.165) is 10.4 Å². The average molecular weight is 502 g/mol. The number of sulfonamides is 1. The van der Waals surface area contributed by atoms with Crippen LogP contribution >= 0.6 is 0 Å². The number of nitrogens with zero attached hydrogens (tertiary/aromatic N) is 4. The Balaban J connectivity index is 1.71. The van der Waals surface area contributed by atoms with Crippen molar-refractivity contribution in [2.45, 2.75) is 30.0 Å². The summed E-state index contributed by atoms with van der Waals surface area (Å²) in [6.45, 7) is 1.23. The minimum Gasteiger partial charge on any atom is -0.374 e. The van der Waals surface area contributed by atoms with E-state index < -0.39 is 56.2 Å². The van der Waals surface area contributed by atoms with E-state index in [1.165, 1.54) is 26.1 Å². The zero-order valence-electron chi connectivity index (χ0n) is 17.7. The summed E-state index contributed by atoms with van der Waals surface area (Å²) < 4.78 is 85.4. The van der Waals surface area contributed by atoms with Gasteiger partial charge in [-0.3, -0.25) is 4.79 Å². The number of carbonyl (C=O) groups is 1. The Kier molecular flexibility index (Phi) is 5.51. The van der Waals surface area contributed by atoms with Gasteiger partial charge in [0, 0.05) is 18.3 Å². The first-order valence-electron chi connectivity index (χ1n) is 9.72. The van der Waals surface area contributed by atoms with E-state index in [-0.39, 0.29) is 23.8 Å². The molecule has 1 aromatic carbocycles. The van der Waals surface area contributed by atoms with Gasteiger partial charge in [0.05, 0.1) is 25.1 Å². The van der Waals surface area contributed by atoms with Crippen LogP contribution in [-0.4, -0.2) is 59.6 Å². The van der Waals surface area contributed by atoms with E-state index >= 15 is 0 Å². The Hall–Kier alpha value is -3.33. The highest BCUT2D eigenvalue weighted by atomic mass is 32.2. The third-order valence-electron chi connectivity index (χ3n) is 5.67. The molecule has 15 heteroatoms. The van der Waals surface area contributed by atoms with Crippen LogP contribution in [0.4, 0.5) is 23.2 Å². The van der Waals surface area contributed by atoms with Crippen molar-refractivity contribution < 1.29 is 35.5 Å². The number of aromatic nitrogens is 2. The molecule has 3 atom stereocenters. The van der Waals surface area contributed by atoms with E-state index in [1.807, 2.05) is 0 Å². The molecule has 0 radical (unpaired) electrons. The molecule has 0 aliphatic carbocycles. The number of carbonyl (C=O) groups excluding carboxylic acids is 1. The summed E-state index contributed by atoms with van der Waals surface area (Å²) in [5, 5.41) is 1.09. The summed E-state index contributed by atoms with van der Waals surface area (Å²) in [5.74, 6) is -2.09. The van der Waals surface area contributed by atoms with Gasteiger partial charge in [0.2, 0.25) is 16.0 Å². The first-order valence-corrected chi connectivity index (χ1v) is 11.2. The number of ether oxygens (including phenoxy) is 1.